The lowest BCUT2D eigenvalue weighted by Crippen LogP contribution is -2.62. The minimum atomic E-state index is -0.907. The number of hydrogen-bond donors (Lipinski definition) is 1. The number of methoxy groups -OCH3 is 2. The van der Waals surface area contributed by atoms with E-state index in [0.29, 0.717) is 6.61 Å². The first-order valence-corrected chi connectivity index (χ1v) is 6.95. The number of fused-ring (bicyclic) bond motifs is 1. The van der Waals surface area contributed by atoms with Crippen LogP contribution >= 0.6 is 0 Å². The normalized spacial score (nSPS) is 39.8. The zero-order chi connectivity index (χ0) is 14.8. The summed E-state index contributed by atoms with van der Waals surface area (Å²) in [5.74, 6) is 0. The Kier molecular flexibility index (Phi) is 4.54. The van der Waals surface area contributed by atoms with Crippen molar-refractivity contribution < 1.29 is 28.8 Å². The van der Waals surface area contributed by atoms with Crippen molar-refractivity contribution in [1.82, 2.24) is 0 Å². The zero-order valence-electron chi connectivity index (χ0n) is 12.0. The molecule has 6 nitrogen and oxygen atoms in total. The van der Waals surface area contributed by atoms with Gasteiger partial charge in [0.05, 0.1) is 6.61 Å². The molecule has 2 heterocycles. The number of hydrogen-bond acceptors (Lipinski definition) is 6. The van der Waals surface area contributed by atoms with Gasteiger partial charge in [0.25, 0.3) is 0 Å². The molecule has 1 aromatic carbocycles. The summed E-state index contributed by atoms with van der Waals surface area (Å²) in [6.45, 7) is 0.358. The van der Waals surface area contributed by atoms with Crippen LogP contribution in [0.5, 0.6) is 0 Å². The third-order valence-electron chi connectivity index (χ3n) is 3.88. The molecule has 0 spiro atoms. The lowest BCUT2D eigenvalue weighted by Gasteiger charge is -2.47. The molecule has 2 fully saturated rings. The average molecular weight is 296 g/mol. The fourth-order valence-corrected chi connectivity index (χ4v) is 2.81. The minimum absolute atomic E-state index is 0.330. The molecule has 0 aliphatic carbocycles. The summed E-state index contributed by atoms with van der Waals surface area (Å²) in [4.78, 5) is 0. The maximum Gasteiger partial charge on any atom is 0.186 e. The topological polar surface area (TPSA) is 66.4 Å². The fourth-order valence-electron chi connectivity index (χ4n) is 2.81. The van der Waals surface area contributed by atoms with Gasteiger partial charge in [-0.05, 0) is 0 Å². The van der Waals surface area contributed by atoms with Crippen molar-refractivity contribution in [2.75, 3.05) is 20.8 Å². The molecular weight excluding hydrogens is 276 g/mol. The van der Waals surface area contributed by atoms with E-state index < -0.39 is 30.9 Å². The molecule has 1 aromatic rings. The van der Waals surface area contributed by atoms with Crippen LogP contribution in [-0.2, 0) is 23.7 Å². The van der Waals surface area contributed by atoms with Crippen LogP contribution in [0.25, 0.3) is 0 Å². The third kappa shape index (κ3) is 2.83. The van der Waals surface area contributed by atoms with Crippen LogP contribution in [0.2, 0.25) is 0 Å². The largest absolute Gasteiger partial charge is 0.385 e. The van der Waals surface area contributed by atoms with E-state index in [4.69, 9.17) is 23.7 Å². The van der Waals surface area contributed by atoms with Crippen molar-refractivity contribution >= 4 is 0 Å². The SMILES string of the molecule is CO[C@@H]1O[C@@H]2CO[C@H](c3ccccc3)O[C@@H]2[C@H](OC)[C@H]1O. The second-order valence-corrected chi connectivity index (χ2v) is 5.15. The van der Waals surface area contributed by atoms with Crippen LogP contribution in [0.3, 0.4) is 0 Å². The Labute approximate surface area is 123 Å². The van der Waals surface area contributed by atoms with Gasteiger partial charge in [-0.15, -0.1) is 0 Å². The maximum absolute atomic E-state index is 10.2. The van der Waals surface area contributed by atoms with Gasteiger partial charge in [-0.1, -0.05) is 30.3 Å². The number of rotatable bonds is 3. The number of benzene rings is 1. The Bertz CT molecular complexity index is 453. The highest BCUT2D eigenvalue weighted by Gasteiger charge is 2.49. The van der Waals surface area contributed by atoms with E-state index in [2.05, 4.69) is 0 Å². The fraction of sp³-hybridized carbons (Fsp3) is 0.600. The Morgan fingerprint density at radius 3 is 2.52 bits per heavy atom. The Balaban J connectivity index is 1.77. The molecule has 6 heteroatoms. The predicted octanol–water partition coefficient (Wildman–Crippen LogP) is 0.848. The van der Waals surface area contributed by atoms with Gasteiger partial charge in [0.1, 0.15) is 24.4 Å². The van der Waals surface area contributed by atoms with Crippen LogP contribution in [-0.4, -0.2) is 56.6 Å². The van der Waals surface area contributed by atoms with E-state index in [-0.39, 0.29) is 6.10 Å². The van der Waals surface area contributed by atoms with Gasteiger partial charge in [-0.25, -0.2) is 0 Å². The van der Waals surface area contributed by atoms with Crippen LogP contribution in [0, 0.1) is 0 Å². The summed E-state index contributed by atoms with van der Waals surface area (Å²) in [6.07, 6.45) is -3.39. The quantitative estimate of drug-likeness (QED) is 0.892. The predicted molar refractivity (Wildman–Crippen MR) is 72.5 cm³/mol. The van der Waals surface area contributed by atoms with Crippen molar-refractivity contribution in [3.05, 3.63) is 35.9 Å². The van der Waals surface area contributed by atoms with E-state index in [0.717, 1.165) is 5.56 Å². The van der Waals surface area contributed by atoms with Gasteiger partial charge in [-0.2, -0.15) is 0 Å². The molecule has 116 valence electrons. The van der Waals surface area contributed by atoms with Gasteiger partial charge in [0.15, 0.2) is 12.6 Å². The first-order chi connectivity index (χ1) is 10.2. The minimum Gasteiger partial charge on any atom is -0.385 e. The molecule has 2 aliphatic rings. The summed E-state index contributed by atoms with van der Waals surface area (Å²) in [6, 6.07) is 9.66. The summed E-state index contributed by atoms with van der Waals surface area (Å²) in [5, 5.41) is 10.2. The monoisotopic (exact) mass is 296 g/mol. The smallest absolute Gasteiger partial charge is 0.186 e. The molecule has 3 rings (SSSR count). The second-order valence-electron chi connectivity index (χ2n) is 5.15. The zero-order valence-corrected chi connectivity index (χ0v) is 12.0. The summed E-state index contributed by atoms with van der Waals surface area (Å²) in [5.41, 5.74) is 0.925. The molecule has 2 saturated heterocycles. The molecule has 0 radical (unpaired) electrons. The molecule has 2 aliphatic heterocycles. The molecule has 0 saturated carbocycles. The molecule has 0 aromatic heterocycles. The van der Waals surface area contributed by atoms with Crippen LogP contribution in [0.15, 0.2) is 30.3 Å². The van der Waals surface area contributed by atoms with E-state index in [1.165, 1.54) is 7.11 Å². The number of ether oxygens (including phenoxy) is 5. The highest BCUT2D eigenvalue weighted by atomic mass is 16.8. The molecule has 0 unspecified atom stereocenters. The molecule has 6 atom stereocenters. The van der Waals surface area contributed by atoms with Gasteiger partial charge in [-0.3, -0.25) is 0 Å². The first kappa shape index (κ1) is 14.9. The van der Waals surface area contributed by atoms with Crippen LogP contribution in [0.4, 0.5) is 0 Å². The highest BCUT2D eigenvalue weighted by Crippen LogP contribution is 2.35. The third-order valence-corrected chi connectivity index (χ3v) is 3.88. The van der Waals surface area contributed by atoms with E-state index in [1.54, 1.807) is 7.11 Å². The molecular formula is C15H20O6. The van der Waals surface area contributed by atoms with Gasteiger partial charge >= 0.3 is 0 Å². The maximum atomic E-state index is 10.2. The summed E-state index contributed by atoms with van der Waals surface area (Å²) >= 11 is 0. The Morgan fingerprint density at radius 1 is 1.10 bits per heavy atom. The van der Waals surface area contributed by atoms with Crippen molar-refractivity contribution in [1.29, 1.82) is 0 Å². The van der Waals surface area contributed by atoms with Gasteiger partial charge < -0.3 is 28.8 Å². The molecule has 21 heavy (non-hydrogen) atoms. The van der Waals surface area contributed by atoms with Crippen LogP contribution in [0.1, 0.15) is 11.9 Å². The van der Waals surface area contributed by atoms with Crippen molar-refractivity contribution in [2.24, 2.45) is 0 Å². The Hall–Kier alpha value is -1.02. The van der Waals surface area contributed by atoms with Crippen molar-refractivity contribution in [3.8, 4) is 0 Å². The number of aliphatic hydroxyl groups excluding tert-OH is 1. The van der Waals surface area contributed by atoms with Crippen molar-refractivity contribution in [2.45, 2.75) is 37.0 Å². The second kappa shape index (κ2) is 6.39. The van der Waals surface area contributed by atoms with Gasteiger partial charge in [0, 0.05) is 19.8 Å². The Morgan fingerprint density at radius 2 is 1.86 bits per heavy atom. The van der Waals surface area contributed by atoms with E-state index in [1.807, 2.05) is 30.3 Å². The summed E-state index contributed by atoms with van der Waals surface area (Å²) in [7, 11) is 3.03. The van der Waals surface area contributed by atoms with Crippen LogP contribution < -0.4 is 0 Å². The van der Waals surface area contributed by atoms with E-state index in [9.17, 15) is 5.11 Å². The molecule has 1 N–H and O–H groups in total. The van der Waals surface area contributed by atoms with Gasteiger partial charge in [0.2, 0.25) is 0 Å². The lowest BCUT2D eigenvalue weighted by molar-refractivity contribution is -0.360. The average Bonchev–Trinajstić information content (AvgIpc) is 2.54. The summed E-state index contributed by atoms with van der Waals surface area (Å²) < 4.78 is 27.9. The van der Waals surface area contributed by atoms with Crippen molar-refractivity contribution in [3.63, 3.8) is 0 Å². The number of aliphatic hydroxyl groups is 1. The first-order valence-electron chi connectivity index (χ1n) is 6.95. The van der Waals surface area contributed by atoms with E-state index >= 15 is 0 Å². The highest BCUT2D eigenvalue weighted by molar-refractivity contribution is 5.16. The molecule has 0 bridgehead atoms. The lowest BCUT2D eigenvalue weighted by atomic mass is 9.97. The molecule has 0 amide bonds. The standard InChI is InChI=1S/C15H20O6/c1-17-13-11(16)15(18-2)20-10-8-19-14(21-12(10)13)9-6-4-3-5-7-9/h3-7,10-16H,8H2,1-2H3/t10-,11-,12+,13-,14+,15-/m1/s1.